The zero-order valence-corrected chi connectivity index (χ0v) is 20.6. The average molecular weight is 499 g/mol. The lowest BCUT2D eigenvalue weighted by molar-refractivity contribution is -0.198. The van der Waals surface area contributed by atoms with E-state index in [9.17, 15) is 9.59 Å². The fourth-order valence-electron chi connectivity index (χ4n) is 4.26. The van der Waals surface area contributed by atoms with Gasteiger partial charge >= 0.3 is 0 Å². The van der Waals surface area contributed by atoms with Crippen LogP contribution >= 0.6 is 11.6 Å². The van der Waals surface area contributed by atoms with E-state index in [0.29, 0.717) is 36.3 Å². The molecule has 1 N–H and O–H groups in total. The molecule has 9 heteroatoms. The molecule has 1 aromatic carbocycles. The van der Waals surface area contributed by atoms with Gasteiger partial charge in [0.25, 0.3) is 11.8 Å². The van der Waals surface area contributed by atoms with Crippen LogP contribution in [0, 0.1) is 0 Å². The zero-order chi connectivity index (χ0) is 24.6. The van der Waals surface area contributed by atoms with Crippen molar-refractivity contribution in [2.75, 3.05) is 31.6 Å². The van der Waals surface area contributed by atoms with Crippen LogP contribution in [-0.2, 0) is 14.4 Å². The van der Waals surface area contributed by atoms with Crippen LogP contribution in [0.2, 0.25) is 5.02 Å². The molecule has 0 spiro atoms. The molecule has 35 heavy (non-hydrogen) atoms. The van der Waals surface area contributed by atoms with Gasteiger partial charge in [-0.05, 0) is 73.7 Å². The quantitative estimate of drug-likeness (QED) is 0.457. The molecule has 2 fully saturated rings. The minimum Gasteiger partial charge on any atom is -0.357 e. The lowest BCUT2D eigenvalue weighted by Gasteiger charge is -2.37. The first-order valence-electron chi connectivity index (χ1n) is 12.0. The summed E-state index contributed by atoms with van der Waals surface area (Å²) in [5.41, 5.74) is 3.88. The van der Waals surface area contributed by atoms with Gasteiger partial charge in [0.1, 0.15) is 5.82 Å². The van der Waals surface area contributed by atoms with Gasteiger partial charge in [0.05, 0.1) is 0 Å². The van der Waals surface area contributed by atoms with Gasteiger partial charge < -0.3 is 14.5 Å². The second kappa shape index (κ2) is 12.2. The normalized spacial score (nSPS) is 19.0. The number of aromatic nitrogens is 1. The Morgan fingerprint density at radius 3 is 2.57 bits per heavy atom. The first kappa shape index (κ1) is 25.2. The Labute approximate surface area is 210 Å². The number of amides is 2. The van der Waals surface area contributed by atoms with Crippen LogP contribution in [0.15, 0.2) is 48.7 Å². The molecule has 2 aliphatic heterocycles. The maximum atomic E-state index is 12.7. The van der Waals surface area contributed by atoms with E-state index in [1.54, 1.807) is 36.5 Å². The molecule has 2 aliphatic rings. The van der Waals surface area contributed by atoms with E-state index in [1.165, 1.54) is 6.08 Å². The number of carbonyl (C=O) groups is 2. The molecule has 2 amide bonds. The molecule has 0 bridgehead atoms. The highest BCUT2D eigenvalue weighted by Crippen LogP contribution is 2.22. The van der Waals surface area contributed by atoms with Crippen LogP contribution in [-0.4, -0.2) is 60.8 Å². The summed E-state index contributed by atoms with van der Waals surface area (Å²) < 4.78 is 5.42. The Kier molecular flexibility index (Phi) is 8.74. The van der Waals surface area contributed by atoms with Gasteiger partial charge in [0, 0.05) is 62.1 Å². The molecule has 2 aromatic rings. The number of benzene rings is 1. The highest BCUT2D eigenvalue weighted by atomic mass is 35.5. The van der Waals surface area contributed by atoms with Gasteiger partial charge in [-0.3, -0.25) is 9.59 Å². The highest BCUT2D eigenvalue weighted by molar-refractivity contribution is 6.30. The maximum Gasteiger partial charge on any atom is 0.267 e. The van der Waals surface area contributed by atoms with Crippen molar-refractivity contribution in [1.82, 2.24) is 15.4 Å². The predicted molar refractivity (Wildman–Crippen MR) is 135 cm³/mol. The van der Waals surface area contributed by atoms with Gasteiger partial charge in [-0.2, -0.15) is 0 Å². The first-order chi connectivity index (χ1) is 17.0. The molecule has 4 rings (SSSR count). The van der Waals surface area contributed by atoms with Gasteiger partial charge in [0.15, 0.2) is 6.29 Å². The fourth-order valence-corrected chi connectivity index (χ4v) is 4.38. The van der Waals surface area contributed by atoms with Crippen LogP contribution < -0.4 is 10.4 Å². The molecule has 0 aliphatic carbocycles. The lowest BCUT2D eigenvalue weighted by atomic mass is 10.0. The lowest BCUT2D eigenvalue weighted by Crippen LogP contribution is -2.45. The van der Waals surface area contributed by atoms with Crippen LogP contribution in [0.3, 0.4) is 0 Å². The van der Waals surface area contributed by atoms with Crippen molar-refractivity contribution in [2.45, 2.75) is 44.4 Å². The van der Waals surface area contributed by atoms with Crippen molar-refractivity contribution < 1.29 is 19.2 Å². The summed E-state index contributed by atoms with van der Waals surface area (Å²) in [6, 6.07) is 11.2. The van der Waals surface area contributed by atoms with Crippen molar-refractivity contribution in [3.05, 3.63) is 64.8 Å². The predicted octanol–water partition coefficient (Wildman–Crippen LogP) is 4.06. The van der Waals surface area contributed by atoms with Gasteiger partial charge in [0.2, 0.25) is 0 Å². The third-order valence-electron chi connectivity index (χ3n) is 6.38. The van der Waals surface area contributed by atoms with Crippen molar-refractivity contribution in [3.63, 3.8) is 0 Å². The number of likely N-dealkylation sites (tertiary alicyclic amines) is 1. The third-order valence-corrected chi connectivity index (χ3v) is 6.63. The monoisotopic (exact) mass is 498 g/mol. The van der Waals surface area contributed by atoms with Gasteiger partial charge in [-0.15, -0.1) is 0 Å². The van der Waals surface area contributed by atoms with Gasteiger partial charge in [-0.25, -0.2) is 15.3 Å². The average Bonchev–Trinajstić information content (AvgIpc) is 2.91. The van der Waals surface area contributed by atoms with Crippen LogP contribution in [0.5, 0.6) is 0 Å². The summed E-state index contributed by atoms with van der Waals surface area (Å²) in [5, 5.41) is 0.623. The van der Waals surface area contributed by atoms with E-state index in [-0.39, 0.29) is 18.1 Å². The molecule has 8 nitrogen and oxygen atoms in total. The molecule has 2 saturated heterocycles. The number of nitrogens with one attached hydrogen (secondary N) is 1. The van der Waals surface area contributed by atoms with Crippen molar-refractivity contribution in [3.8, 4) is 0 Å². The standard InChI is InChI=1S/C26H31ClN4O4/c1-30(22-13-15-31(16-14-22)26(33)20-7-9-21(27)10-8-20)23-11-5-19(18-28-23)6-12-24(32)29-35-25-4-2-3-17-34-25/h5-12,18,22,25H,2-4,13-17H2,1H3,(H,29,32)/b12-6+. The van der Waals surface area contributed by atoms with E-state index >= 15 is 0 Å². The van der Waals surface area contributed by atoms with E-state index in [2.05, 4.69) is 15.4 Å². The number of anilines is 1. The number of nitrogens with zero attached hydrogens (tertiary/aromatic N) is 3. The number of carbonyl (C=O) groups excluding carboxylic acids is 2. The number of hydrogen-bond acceptors (Lipinski definition) is 6. The second-order valence-electron chi connectivity index (χ2n) is 8.80. The minimum absolute atomic E-state index is 0.0396. The number of hydroxylamine groups is 1. The summed E-state index contributed by atoms with van der Waals surface area (Å²) in [5.74, 6) is 0.546. The molecule has 1 atom stereocenters. The Morgan fingerprint density at radius 1 is 1.14 bits per heavy atom. The first-order valence-corrected chi connectivity index (χ1v) is 12.4. The van der Waals surface area contributed by atoms with E-state index in [1.807, 2.05) is 24.1 Å². The molecule has 1 aromatic heterocycles. The Morgan fingerprint density at radius 2 is 1.91 bits per heavy atom. The Bertz CT molecular complexity index is 1010. The summed E-state index contributed by atoms with van der Waals surface area (Å²) in [4.78, 5) is 38.6. The molecule has 0 saturated carbocycles. The molecule has 186 valence electrons. The maximum absolute atomic E-state index is 12.7. The zero-order valence-electron chi connectivity index (χ0n) is 19.9. The molecule has 0 radical (unpaired) electrons. The number of hydrogen-bond donors (Lipinski definition) is 1. The SMILES string of the molecule is CN(c1ccc(/C=C/C(=O)NOC2CCCCO2)cn1)C1CCN(C(=O)c2ccc(Cl)cc2)CC1. The van der Waals surface area contributed by atoms with Crippen molar-refractivity contribution in [1.29, 1.82) is 0 Å². The van der Waals surface area contributed by atoms with Gasteiger partial charge in [-0.1, -0.05) is 11.6 Å². The number of halogens is 1. The largest absolute Gasteiger partial charge is 0.357 e. The number of rotatable bonds is 7. The van der Waals surface area contributed by atoms with Crippen molar-refractivity contribution >= 4 is 35.3 Å². The number of piperidine rings is 1. The Balaban J connectivity index is 1.23. The summed E-state index contributed by atoms with van der Waals surface area (Å²) in [6.07, 6.45) is 9.03. The summed E-state index contributed by atoms with van der Waals surface area (Å²) in [6.45, 7) is 2.05. The third kappa shape index (κ3) is 7.04. The fraction of sp³-hybridized carbons (Fsp3) is 0.423. The number of pyridine rings is 1. The molecular formula is C26H31ClN4O4. The van der Waals surface area contributed by atoms with E-state index < -0.39 is 0 Å². The minimum atomic E-state index is -0.375. The molecule has 1 unspecified atom stereocenters. The number of ether oxygens (including phenoxy) is 1. The summed E-state index contributed by atoms with van der Waals surface area (Å²) in [7, 11) is 2.03. The van der Waals surface area contributed by atoms with E-state index in [0.717, 1.165) is 43.5 Å². The second-order valence-corrected chi connectivity index (χ2v) is 9.24. The smallest absolute Gasteiger partial charge is 0.267 e. The van der Waals surface area contributed by atoms with Crippen molar-refractivity contribution in [2.24, 2.45) is 0 Å². The molecular weight excluding hydrogens is 468 g/mol. The van der Waals surface area contributed by atoms with Crippen LogP contribution in [0.25, 0.3) is 6.08 Å². The molecule has 3 heterocycles. The topological polar surface area (TPSA) is 84.0 Å². The Hall–Kier alpha value is -2.94. The summed E-state index contributed by atoms with van der Waals surface area (Å²) >= 11 is 5.93. The highest BCUT2D eigenvalue weighted by Gasteiger charge is 2.26. The van der Waals surface area contributed by atoms with Crippen LogP contribution in [0.1, 0.15) is 48.0 Å². The van der Waals surface area contributed by atoms with E-state index in [4.69, 9.17) is 21.2 Å². The van der Waals surface area contributed by atoms with Crippen LogP contribution in [0.4, 0.5) is 5.82 Å².